The molecule has 0 amide bonds. The predicted molar refractivity (Wildman–Crippen MR) is 81.2 cm³/mol. The summed E-state index contributed by atoms with van der Waals surface area (Å²) in [6, 6.07) is 0.0461. The molecular weight excluding hydrogens is 296 g/mol. The van der Waals surface area contributed by atoms with E-state index in [2.05, 4.69) is 16.1 Å². The topological polar surface area (TPSA) is 90.0 Å². The number of thioether (sulfide) groups is 1. The molecule has 0 aromatic carbocycles. The Morgan fingerprint density at radius 3 is 3.00 bits per heavy atom. The molecule has 1 aromatic rings. The van der Waals surface area contributed by atoms with Crippen molar-refractivity contribution >= 4 is 21.8 Å². The van der Waals surface area contributed by atoms with E-state index in [1.807, 2.05) is 11.8 Å². The van der Waals surface area contributed by atoms with E-state index >= 15 is 0 Å². The van der Waals surface area contributed by atoms with Crippen molar-refractivity contribution in [1.82, 2.24) is 14.5 Å². The summed E-state index contributed by atoms with van der Waals surface area (Å²) in [7, 11) is -3.45. The van der Waals surface area contributed by atoms with Crippen LogP contribution in [0.5, 0.6) is 0 Å². The van der Waals surface area contributed by atoms with Gasteiger partial charge in [-0.05, 0) is 38.5 Å². The molecule has 114 valence electrons. The average Bonchev–Trinajstić information content (AvgIpc) is 3.04. The largest absolute Gasteiger partial charge is 0.330 e. The molecule has 2 atom stereocenters. The number of hydrogen-bond acceptors (Lipinski definition) is 5. The van der Waals surface area contributed by atoms with Crippen molar-refractivity contribution in [3.05, 3.63) is 12.4 Å². The van der Waals surface area contributed by atoms with Gasteiger partial charge in [0.25, 0.3) is 0 Å². The normalized spacial score (nSPS) is 23.3. The lowest BCUT2D eigenvalue weighted by molar-refractivity contribution is 0.551. The van der Waals surface area contributed by atoms with Crippen LogP contribution in [0.25, 0.3) is 0 Å². The second-order valence-corrected chi connectivity index (χ2v) is 7.92. The molecule has 0 saturated heterocycles. The first-order valence-corrected chi connectivity index (χ1v) is 9.60. The molecule has 3 N–H and O–H groups in total. The third-order valence-corrected chi connectivity index (χ3v) is 6.12. The van der Waals surface area contributed by atoms with Gasteiger partial charge in [-0.15, -0.1) is 0 Å². The van der Waals surface area contributed by atoms with Crippen LogP contribution in [0.1, 0.15) is 25.7 Å². The maximum Gasteiger partial charge on any atom is 0.243 e. The van der Waals surface area contributed by atoms with E-state index in [0.717, 1.165) is 25.7 Å². The smallest absolute Gasteiger partial charge is 0.243 e. The Balaban J connectivity index is 1.98. The lowest BCUT2D eigenvalue weighted by Crippen LogP contribution is -2.33. The van der Waals surface area contributed by atoms with Gasteiger partial charge in [0.05, 0.1) is 6.20 Å². The van der Waals surface area contributed by atoms with Crippen molar-refractivity contribution in [3.63, 3.8) is 0 Å². The summed E-state index contributed by atoms with van der Waals surface area (Å²) < 4.78 is 29.0. The second-order valence-electron chi connectivity index (χ2n) is 5.07. The second kappa shape index (κ2) is 6.93. The molecule has 0 aliphatic heterocycles. The Kier molecular flexibility index (Phi) is 5.48. The van der Waals surface area contributed by atoms with Gasteiger partial charge >= 0.3 is 0 Å². The minimum absolute atomic E-state index is 0.0461. The summed E-state index contributed by atoms with van der Waals surface area (Å²) in [6.07, 6.45) is 8.71. The number of aryl methyl sites for hydroxylation is 1. The van der Waals surface area contributed by atoms with Crippen molar-refractivity contribution in [2.24, 2.45) is 5.73 Å². The Morgan fingerprint density at radius 2 is 2.35 bits per heavy atom. The molecular formula is C12H22N4O2S2. The summed E-state index contributed by atoms with van der Waals surface area (Å²) in [4.78, 5) is 0.238. The maximum absolute atomic E-state index is 12.3. The first kappa shape index (κ1) is 15.8. The fraction of sp³-hybridized carbons (Fsp3) is 0.750. The van der Waals surface area contributed by atoms with Crippen LogP contribution >= 0.6 is 11.8 Å². The van der Waals surface area contributed by atoms with E-state index in [1.165, 1.54) is 6.20 Å². The first-order chi connectivity index (χ1) is 9.55. The third-order valence-electron chi connectivity index (χ3n) is 3.55. The van der Waals surface area contributed by atoms with E-state index in [9.17, 15) is 8.42 Å². The molecule has 2 rings (SSSR count). The van der Waals surface area contributed by atoms with Gasteiger partial charge < -0.3 is 5.73 Å². The molecule has 1 aromatic heterocycles. The zero-order valence-electron chi connectivity index (χ0n) is 11.7. The highest BCUT2D eigenvalue weighted by atomic mass is 32.2. The third kappa shape index (κ3) is 3.97. The molecule has 0 spiro atoms. The van der Waals surface area contributed by atoms with Crippen LogP contribution in [0.2, 0.25) is 0 Å². The van der Waals surface area contributed by atoms with E-state index in [1.54, 1.807) is 10.9 Å². The van der Waals surface area contributed by atoms with Crippen LogP contribution in [0, 0.1) is 0 Å². The number of aromatic nitrogens is 2. The van der Waals surface area contributed by atoms with E-state index in [0.29, 0.717) is 18.3 Å². The molecule has 0 bridgehead atoms. The van der Waals surface area contributed by atoms with Crippen LogP contribution in [0.15, 0.2) is 17.3 Å². The minimum atomic E-state index is -3.45. The van der Waals surface area contributed by atoms with Crippen LogP contribution in [-0.4, -0.2) is 42.3 Å². The molecule has 1 fully saturated rings. The summed E-state index contributed by atoms with van der Waals surface area (Å²) in [5, 5.41) is 4.63. The SMILES string of the molecule is CSC1CCC(NS(=O)(=O)c2cnn(CCCN)c2)C1. The van der Waals surface area contributed by atoms with Gasteiger partial charge in [-0.2, -0.15) is 16.9 Å². The van der Waals surface area contributed by atoms with Gasteiger partial charge in [-0.3, -0.25) is 4.68 Å². The lowest BCUT2D eigenvalue weighted by atomic mass is 10.3. The van der Waals surface area contributed by atoms with Gasteiger partial charge in [0, 0.05) is 24.0 Å². The first-order valence-electron chi connectivity index (χ1n) is 6.83. The Morgan fingerprint density at radius 1 is 1.55 bits per heavy atom. The number of rotatable bonds is 7. The van der Waals surface area contributed by atoms with Crippen molar-refractivity contribution in [2.75, 3.05) is 12.8 Å². The van der Waals surface area contributed by atoms with Gasteiger partial charge in [-0.1, -0.05) is 0 Å². The maximum atomic E-state index is 12.3. The molecule has 1 heterocycles. The molecule has 8 heteroatoms. The number of sulfonamides is 1. The Hall–Kier alpha value is -0.570. The fourth-order valence-electron chi connectivity index (χ4n) is 2.41. The quantitative estimate of drug-likeness (QED) is 0.776. The van der Waals surface area contributed by atoms with Crippen LogP contribution in [0.4, 0.5) is 0 Å². The highest BCUT2D eigenvalue weighted by Gasteiger charge is 2.28. The molecule has 20 heavy (non-hydrogen) atoms. The minimum Gasteiger partial charge on any atom is -0.330 e. The highest BCUT2D eigenvalue weighted by Crippen LogP contribution is 2.29. The van der Waals surface area contributed by atoms with Gasteiger partial charge in [0.15, 0.2) is 0 Å². The van der Waals surface area contributed by atoms with Gasteiger partial charge in [0.2, 0.25) is 10.0 Å². The van der Waals surface area contributed by atoms with Crippen LogP contribution in [0.3, 0.4) is 0 Å². The Labute approximate surface area is 124 Å². The summed E-state index contributed by atoms with van der Waals surface area (Å²) in [6.45, 7) is 1.21. The zero-order chi connectivity index (χ0) is 14.6. The van der Waals surface area contributed by atoms with Crippen molar-refractivity contribution in [2.45, 2.75) is 48.4 Å². The van der Waals surface area contributed by atoms with E-state index in [4.69, 9.17) is 5.73 Å². The monoisotopic (exact) mass is 318 g/mol. The van der Waals surface area contributed by atoms with Gasteiger partial charge in [-0.25, -0.2) is 13.1 Å². The summed E-state index contributed by atoms with van der Waals surface area (Å²) >= 11 is 1.81. The molecule has 0 radical (unpaired) electrons. The average molecular weight is 318 g/mol. The zero-order valence-corrected chi connectivity index (χ0v) is 13.3. The standard InChI is InChI=1S/C12H22N4O2S2/c1-19-11-4-3-10(7-11)15-20(17,18)12-8-14-16(9-12)6-2-5-13/h8-11,15H,2-7,13H2,1H3. The van der Waals surface area contributed by atoms with Crippen LogP contribution < -0.4 is 10.5 Å². The summed E-state index contributed by atoms with van der Waals surface area (Å²) in [5.41, 5.74) is 5.43. The number of nitrogens with two attached hydrogens (primary N) is 1. The predicted octanol–water partition coefficient (Wildman–Crippen LogP) is 0.794. The Bertz CT molecular complexity index is 529. The summed E-state index contributed by atoms with van der Waals surface area (Å²) in [5.74, 6) is 0. The molecule has 1 aliphatic carbocycles. The number of nitrogens with one attached hydrogen (secondary N) is 1. The van der Waals surface area contributed by atoms with E-state index in [-0.39, 0.29) is 10.9 Å². The fourth-order valence-corrected chi connectivity index (χ4v) is 4.44. The van der Waals surface area contributed by atoms with Crippen LogP contribution in [-0.2, 0) is 16.6 Å². The lowest BCUT2D eigenvalue weighted by Gasteiger charge is -2.12. The molecule has 6 nitrogen and oxygen atoms in total. The molecule has 1 aliphatic rings. The van der Waals surface area contributed by atoms with Crippen molar-refractivity contribution in [3.8, 4) is 0 Å². The van der Waals surface area contributed by atoms with Gasteiger partial charge in [0.1, 0.15) is 4.90 Å². The number of hydrogen-bond donors (Lipinski definition) is 2. The highest BCUT2D eigenvalue weighted by molar-refractivity contribution is 7.99. The van der Waals surface area contributed by atoms with Crippen molar-refractivity contribution < 1.29 is 8.42 Å². The van der Waals surface area contributed by atoms with E-state index < -0.39 is 10.0 Å². The molecule has 2 unspecified atom stereocenters. The van der Waals surface area contributed by atoms with Crippen molar-refractivity contribution in [1.29, 1.82) is 0 Å². The molecule has 1 saturated carbocycles. The number of nitrogens with zero attached hydrogens (tertiary/aromatic N) is 2.